The van der Waals surface area contributed by atoms with Gasteiger partial charge in [0.15, 0.2) is 0 Å². The van der Waals surface area contributed by atoms with E-state index in [1.165, 1.54) is 11.3 Å². The maximum atomic E-state index is 12.0. The van der Waals surface area contributed by atoms with Gasteiger partial charge in [0.05, 0.1) is 14.2 Å². The molecule has 1 fully saturated rings. The average molecular weight is 368 g/mol. The van der Waals surface area contributed by atoms with Crippen LogP contribution in [0.4, 0.5) is 0 Å². The van der Waals surface area contributed by atoms with E-state index < -0.39 is 0 Å². The highest BCUT2D eigenvalue weighted by molar-refractivity contribution is 9.13. The molecule has 1 aromatic rings. The summed E-state index contributed by atoms with van der Waals surface area (Å²) in [4.78, 5) is 12.7. The summed E-state index contributed by atoms with van der Waals surface area (Å²) in [6.45, 7) is 3.88. The first-order chi connectivity index (χ1) is 7.50. The molecule has 0 bridgehead atoms. The number of hydrogen-bond acceptors (Lipinski definition) is 3. The van der Waals surface area contributed by atoms with Crippen molar-refractivity contribution in [2.24, 2.45) is 0 Å². The largest absolute Gasteiger partial charge is 0.345 e. The number of carbonyl (C=O) groups is 1. The summed E-state index contributed by atoms with van der Waals surface area (Å²) in [7, 11) is 0. The van der Waals surface area contributed by atoms with E-state index in [4.69, 9.17) is 0 Å². The highest BCUT2D eigenvalue weighted by atomic mass is 79.9. The zero-order valence-electron chi connectivity index (χ0n) is 8.77. The van der Waals surface area contributed by atoms with Crippen LogP contribution < -0.4 is 10.6 Å². The number of carbonyl (C=O) groups excluding carboxylic acids is 1. The first-order valence-electron chi connectivity index (χ1n) is 4.98. The van der Waals surface area contributed by atoms with Gasteiger partial charge in [-0.05, 0) is 57.8 Å². The van der Waals surface area contributed by atoms with Crippen LogP contribution in [0.1, 0.15) is 23.0 Å². The minimum atomic E-state index is -0.111. The number of hydrogen-bond donors (Lipinski definition) is 2. The second-order valence-electron chi connectivity index (χ2n) is 4.17. The van der Waals surface area contributed by atoms with Crippen molar-refractivity contribution < 1.29 is 4.79 Å². The topological polar surface area (TPSA) is 41.1 Å². The predicted molar refractivity (Wildman–Crippen MR) is 73.1 cm³/mol. The summed E-state index contributed by atoms with van der Waals surface area (Å²) >= 11 is 8.21. The summed E-state index contributed by atoms with van der Waals surface area (Å²) in [6, 6.07) is 1.84. The van der Waals surface area contributed by atoms with Crippen molar-refractivity contribution in [3.63, 3.8) is 0 Å². The lowest BCUT2D eigenvalue weighted by molar-refractivity contribution is 0.0917. The second-order valence-corrected chi connectivity index (χ2v) is 7.40. The molecule has 1 unspecified atom stereocenters. The third-order valence-electron chi connectivity index (χ3n) is 2.65. The number of amides is 1. The molecule has 1 aliphatic heterocycles. The van der Waals surface area contributed by atoms with Crippen LogP contribution in [-0.4, -0.2) is 24.5 Å². The highest BCUT2D eigenvalue weighted by Gasteiger charge is 2.30. The average Bonchev–Trinajstić information content (AvgIpc) is 2.75. The fraction of sp³-hybridized carbons (Fsp3) is 0.500. The quantitative estimate of drug-likeness (QED) is 0.843. The van der Waals surface area contributed by atoms with Crippen LogP contribution in [0, 0.1) is 0 Å². The van der Waals surface area contributed by atoms with Gasteiger partial charge in [0.25, 0.3) is 5.91 Å². The van der Waals surface area contributed by atoms with Crippen molar-refractivity contribution in [1.29, 1.82) is 0 Å². The van der Waals surface area contributed by atoms with Gasteiger partial charge in [0.2, 0.25) is 0 Å². The molecular formula is C10H12Br2N2OS. The highest BCUT2D eigenvalue weighted by Crippen LogP contribution is 2.32. The molecule has 6 heteroatoms. The van der Waals surface area contributed by atoms with Crippen molar-refractivity contribution in [2.45, 2.75) is 18.9 Å². The van der Waals surface area contributed by atoms with E-state index in [0.717, 1.165) is 32.6 Å². The van der Waals surface area contributed by atoms with Crippen LogP contribution in [0.3, 0.4) is 0 Å². The van der Waals surface area contributed by atoms with Crippen LogP contribution in [0.15, 0.2) is 14.3 Å². The van der Waals surface area contributed by atoms with Crippen molar-refractivity contribution in [3.05, 3.63) is 19.2 Å². The van der Waals surface area contributed by atoms with Crippen molar-refractivity contribution in [1.82, 2.24) is 10.6 Å². The molecule has 0 aliphatic carbocycles. The molecule has 2 heterocycles. The Morgan fingerprint density at radius 1 is 1.62 bits per heavy atom. The minimum absolute atomic E-state index is 0.00241. The smallest absolute Gasteiger partial charge is 0.261 e. The van der Waals surface area contributed by atoms with Crippen LogP contribution >= 0.6 is 43.2 Å². The molecule has 1 aliphatic rings. The van der Waals surface area contributed by atoms with Gasteiger partial charge < -0.3 is 10.6 Å². The lowest BCUT2D eigenvalue weighted by Gasteiger charge is -2.23. The van der Waals surface area contributed by atoms with Gasteiger partial charge in [-0.3, -0.25) is 4.79 Å². The van der Waals surface area contributed by atoms with E-state index in [1.807, 2.05) is 6.07 Å². The molecule has 2 N–H and O–H groups in total. The Kier molecular flexibility index (Phi) is 3.73. The van der Waals surface area contributed by atoms with Gasteiger partial charge in [-0.15, -0.1) is 11.3 Å². The number of nitrogens with one attached hydrogen (secondary N) is 2. The molecule has 0 aromatic carbocycles. The van der Waals surface area contributed by atoms with Crippen LogP contribution in [0.2, 0.25) is 0 Å². The van der Waals surface area contributed by atoms with Gasteiger partial charge in [0.1, 0.15) is 0 Å². The van der Waals surface area contributed by atoms with Crippen molar-refractivity contribution in [3.8, 4) is 0 Å². The molecule has 1 atom stereocenters. The number of halogens is 2. The zero-order chi connectivity index (χ0) is 11.8. The lowest BCUT2D eigenvalue weighted by Crippen LogP contribution is -2.47. The summed E-state index contributed by atoms with van der Waals surface area (Å²) in [5.41, 5.74) is -0.111. The third-order valence-corrected chi connectivity index (χ3v) is 5.91. The van der Waals surface area contributed by atoms with Crippen LogP contribution in [0.25, 0.3) is 0 Å². The first-order valence-corrected chi connectivity index (χ1v) is 7.38. The fourth-order valence-electron chi connectivity index (χ4n) is 1.72. The summed E-state index contributed by atoms with van der Waals surface area (Å²) in [5, 5.41) is 6.34. The van der Waals surface area contributed by atoms with E-state index in [0.29, 0.717) is 0 Å². The van der Waals surface area contributed by atoms with Gasteiger partial charge >= 0.3 is 0 Å². The molecule has 1 amide bonds. The van der Waals surface area contributed by atoms with Gasteiger partial charge in [-0.2, -0.15) is 0 Å². The number of thiophene rings is 1. The zero-order valence-corrected chi connectivity index (χ0v) is 12.8. The fourth-order valence-corrected chi connectivity index (χ4v) is 3.65. The van der Waals surface area contributed by atoms with Crippen LogP contribution in [-0.2, 0) is 0 Å². The molecule has 1 saturated heterocycles. The lowest BCUT2D eigenvalue weighted by atomic mass is 10.0. The number of rotatable bonds is 2. The molecule has 1 aromatic heterocycles. The molecule has 3 nitrogen and oxygen atoms in total. The van der Waals surface area contributed by atoms with E-state index in [9.17, 15) is 4.79 Å². The predicted octanol–water partition coefficient (Wildman–Crippen LogP) is 2.75. The Morgan fingerprint density at radius 3 is 2.88 bits per heavy atom. The summed E-state index contributed by atoms with van der Waals surface area (Å²) in [5.74, 6) is 0.00241. The van der Waals surface area contributed by atoms with E-state index >= 15 is 0 Å². The monoisotopic (exact) mass is 366 g/mol. The Morgan fingerprint density at radius 2 is 2.38 bits per heavy atom. The van der Waals surface area contributed by atoms with Gasteiger partial charge in [-0.1, -0.05) is 0 Å². The van der Waals surface area contributed by atoms with Crippen molar-refractivity contribution >= 4 is 49.1 Å². The van der Waals surface area contributed by atoms with Gasteiger partial charge in [-0.25, -0.2) is 0 Å². The molecule has 0 saturated carbocycles. The molecule has 0 spiro atoms. The normalized spacial score (nSPS) is 24.7. The second kappa shape index (κ2) is 4.76. The molecular weight excluding hydrogens is 356 g/mol. The van der Waals surface area contributed by atoms with Crippen molar-refractivity contribution in [2.75, 3.05) is 13.1 Å². The third kappa shape index (κ3) is 2.67. The molecule has 0 radical (unpaired) electrons. The standard InChI is InChI=1S/C10H12Br2N2OS/c1-10(2-3-13-5-10)14-9(15)7-4-6(11)8(12)16-7/h4,13H,2-3,5H2,1H3,(H,14,15). The maximum Gasteiger partial charge on any atom is 0.261 e. The van der Waals surface area contributed by atoms with E-state index in [1.54, 1.807) is 0 Å². The first kappa shape index (κ1) is 12.5. The Hall–Kier alpha value is 0.0900. The summed E-state index contributed by atoms with van der Waals surface area (Å²) in [6.07, 6.45) is 0.979. The SMILES string of the molecule is CC1(NC(=O)c2cc(Br)c(Br)s2)CCNC1. The Balaban J connectivity index is 2.08. The molecule has 2 rings (SSSR count). The van der Waals surface area contributed by atoms with Crippen LogP contribution in [0.5, 0.6) is 0 Å². The Labute approximate surface area is 115 Å². The summed E-state index contributed by atoms with van der Waals surface area (Å²) < 4.78 is 1.88. The van der Waals surface area contributed by atoms with Gasteiger partial charge in [0, 0.05) is 11.0 Å². The molecule has 88 valence electrons. The van der Waals surface area contributed by atoms with E-state index in [-0.39, 0.29) is 11.4 Å². The Bertz CT molecular complexity index is 393. The van der Waals surface area contributed by atoms with E-state index in [2.05, 4.69) is 49.4 Å². The molecule has 16 heavy (non-hydrogen) atoms. The maximum absolute atomic E-state index is 12.0. The minimum Gasteiger partial charge on any atom is -0.345 e.